The normalized spacial score (nSPS) is 17.6. The van der Waals surface area contributed by atoms with Crippen molar-refractivity contribution < 1.29 is 0 Å². The van der Waals surface area contributed by atoms with Crippen molar-refractivity contribution in [3.63, 3.8) is 0 Å². The van der Waals surface area contributed by atoms with Crippen molar-refractivity contribution in [2.75, 3.05) is 31.1 Å². The molecule has 0 spiro atoms. The number of hydrogen-bond acceptors (Lipinski definition) is 4. The Morgan fingerprint density at radius 1 is 1.12 bits per heavy atom. The molecule has 1 saturated heterocycles. The lowest BCUT2D eigenvalue weighted by Gasteiger charge is -2.28. The SMILES string of the molecule is CC(C)(C)c1ccc(N2CCNCC2)nn1. The van der Waals surface area contributed by atoms with Crippen LogP contribution >= 0.6 is 0 Å². The second kappa shape index (κ2) is 4.37. The molecule has 4 nitrogen and oxygen atoms in total. The van der Waals surface area contributed by atoms with Gasteiger partial charge in [-0.25, -0.2) is 0 Å². The van der Waals surface area contributed by atoms with Gasteiger partial charge >= 0.3 is 0 Å². The molecule has 1 aromatic heterocycles. The summed E-state index contributed by atoms with van der Waals surface area (Å²) in [4.78, 5) is 2.27. The maximum absolute atomic E-state index is 4.32. The summed E-state index contributed by atoms with van der Waals surface area (Å²) in [5, 5.41) is 12.0. The molecule has 0 saturated carbocycles. The summed E-state index contributed by atoms with van der Waals surface area (Å²) in [6, 6.07) is 4.17. The van der Waals surface area contributed by atoms with E-state index in [1.165, 1.54) is 0 Å². The third kappa shape index (κ3) is 2.50. The third-order valence-electron chi connectivity index (χ3n) is 2.86. The van der Waals surface area contributed by atoms with Gasteiger partial charge in [0, 0.05) is 31.6 Å². The third-order valence-corrected chi connectivity index (χ3v) is 2.86. The number of aromatic nitrogens is 2. The molecule has 1 aromatic rings. The van der Waals surface area contributed by atoms with E-state index in [1.54, 1.807) is 0 Å². The van der Waals surface area contributed by atoms with E-state index in [0.29, 0.717) is 0 Å². The van der Waals surface area contributed by atoms with Crippen LogP contribution in [0.3, 0.4) is 0 Å². The first-order valence-electron chi connectivity index (χ1n) is 5.87. The van der Waals surface area contributed by atoms with Gasteiger partial charge in [0.1, 0.15) is 0 Å². The molecule has 1 N–H and O–H groups in total. The van der Waals surface area contributed by atoms with E-state index in [1.807, 2.05) is 0 Å². The van der Waals surface area contributed by atoms with Gasteiger partial charge in [-0.15, -0.1) is 5.10 Å². The van der Waals surface area contributed by atoms with E-state index in [0.717, 1.165) is 37.7 Å². The Morgan fingerprint density at radius 3 is 2.31 bits per heavy atom. The van der Waals surface area contributed by atoms with Crippen molar-refractivity contribution in [3.8, 4) is 0 Å². The number of rotatable bonds is 1. The zero-order chi connectivity index (χ0) is 11.6. The minimum atomic E-state index is 0.0784. The Balaban J connectivity index is 2.12. The summed E-state index contributed by atoms with van der Waals surface area (Å²) in [5.74, 6) is 0.995. The summed E-state index contributed by atoms with van der Waals surface area (Å²) in [5.41, 5.74) is 1.13. The molecule has 0 radical (unpaired) electrons. The second-order valence-electron chi connectivity index (χ2n) is 5.26. The second-order valence-corrected chi connectivity index (χ2v) is 5.26. The number of anilines is 1. The van der Waals surface area contributed by atoms with Crippen LogP contribution in [-0.4, -0.2) is 36.4 Å². The van der Waals surface area contributed by atoms with Crippen LogP contribution in [0.25, 0.3) is 0 Å². The summed E-state index contributed by atoms with van der Waals surface area (Å²) in [7, 11) is 0. The molecule has 1 fully saturated rings. The number of hydrogen-bond donors (Lipinski definition) is 1. The lowest BCUT2D eigenvalue weighted by molar-refractivity contribution is 0.551. The molecule has 1 aliphatic heterocycles. The largest absolute Gasteiger partial charge is 0.353 e. The van der Waals surface area contributed by atoms with E-state index in [9.17, 15) is 0 Å². The standard InChI is InChI=1S/C12H20N4/c1-12(2,3)10-4-5-11(15-14-10)16-8-6-13-7-9-16/h4-5,13H,6-9H2,1-3H3. The first-order chi connectivity index (χ1) is 7.57. The fourth-order valence-electron chi connectivity index (χ4n) is 1.79. The molecule has 0 atom stereocenters. The molecular weight excluding hydrogens is 200 g/mol. The molecule has 4 heteroatoms. The Morgan fingerprint density at radius 2 is 1.81 bits per heavy atom. The maximum atomic E-state index is 4.32. The maximum Gasteiger partial charge on any atom is 0.151 e. The van der Waals surface area contributed by atoms with Crippen LogP contribution in [0.4, 0.5) is 5.82 Å². The summed E-state index contributed by atoms with van der Waals surface area (Å²) in [6.45, 7) is 10.6. The quantitative estimate of drug-likeness (QED) is 0.771. The van der Waals surface area contributed by atoms with Crippen molar-refractivity contribution in [3.05, 3.63) is 17.8 Å². The number of nitrogens with zero attached hydrogens (tertiary/aromatic N) is 3. The van der Waals surface area contributed by atoms with Crippen molar-refractivity contribution in [1.82, 2.24) is 15.5 Å². The van der Waals surface area contributed by atoms with E-state index in [2.05, 4.69) is 53.3 Å². The van der Waals surface area contributed by atoms with E-state index in [-0.39, 0.29) is 5.41 Å². The predicted molar refractivity (Wildman–Crippen MR) is 65.8 cm³/mol. The Labute approximate surface area is 97.1 Å². The van der Waals surface area contributed by atoms with Gasteiger partial charge in [0.15, 0.2) is 5.82 Å². The molecule has 0 unspecified atom stereocenters. The van der Waals surface area contributed by atoms with Crippen LogP contribution < -0.4 is 10.2 Å². The average Bonchev–Trinajstić information content (AvgIpc) is 2.29. The Kier molecular flexibility index (Phi) is 3.10. The zero-order valence-corrected chi connectivity index (χ0v) is 10.3. The van der Waals surface area contributed by atoms with E-state index < -0.39 is 0 Å². The minimum absolute atomic E-state index is 0.0784. The highest BCUT2D eigenvalue weighted by atomic mass is 15.3. The smallest absolute Gasteiger partial charge is 0.151 e. The molecule has 2 heterocycles. The highest BCUT2D eigenvalue weighted by molar-refractivity contribution is 5.38. The molecule has 0 amide bonds. The molecule has 88 valence electrons. The molecular formula is C12H20N4. The summed E-state index contributed by atoms with van der Waals surface area (Å²) >= 11 is 0. The Bertz CT molecular complexity index is 333. The van der Waals surface area contributed by atoms with Gasteiger partial charge < -0.3 is 10.2 Å². The fraction of sp³-hybridized carbons (Fsp3) is 0.667. The molecule has 0 aromatic carbocycles. The monoisotopic (exact) mass is 220 g/mol. The van der Waals surface area contributed by atoms with Gasteiger partial charge in [-0.05, 0) is 12.1 Å². The lowest BCUT2D eigenvalue weighted by Crippen LogP contribution is -2.44. The Hall–Kier alpha value is -1.16. The summed E-state index contributed by atoms with van der Waals surface area (Å²) < 4.78 is 0. The van der Waals surface area contributed by atoms with Crippen molar-refractivity contribution in [1.29, 1.82) is 0 Å². The molecule has 0 aliphatic carbocycles. The van der Waals surface area contributed by atoms with Crippen molar-refractivity contribution in [2.45, 2.75) is 26.2 Å². The first-order valence-corrected chi connectivity index (χ1v) is 5.87. The van der Waals surface area contributed by atoms with E-state index in [4.69, 9.17) is 0 Å². The van der Waals surface area contributed by atoms with Gasteiger partial charge in [0.2, 0.25) is 0 Å². The molecule has 0 bridgehead atoms. The summed E-state index contributed by atoms with van der Waals surface area (Å²) in [6.07, 6.45) is 0. The van der Waals surface area contributed by atoms with Crippen molar-refractivity contribution >= 4 is 5.82 Å². The van der Waals surface area contributed by atoms with Crippen LogP contribution in [0.2, 0.25) is 0 Å². The minimum Gasteiger partial charge on any atom is -0.353 e. The number of piperazine rings is 1. The number of nitrogens with one attached hydrogen (secondary N) is 1. The van der Waals surface area contributed by atoms with E-state index >= 15 is 0 Å². The molecule has 1 aliphatic rings. The lowest BCUT2D eigenvalue weighted by atomic mass is 9.92. The fourth-order valence-corrected chi connectivity index (χ4v) is 1.79. The topological polar surface area (TPSA) is 41.0 Å². The van der Waals surface area contributed by atoms with Gasteiger partial charge in [0.25, 0.3) is 0 Å². The predicted octanol–water partition coefficient (Wildman–Crippen LogP) is 1.18. The molecule has 2 rings (SSSR count). The van der Waals surface area contributed by atoms with Gasteiger partial charge in [0.05, 0.1) is 5.69 Å². The van der Waals surface area contributed by atoms with Gasteiger partial charge in [-0.2, -0.15) is 5.10 Å². The van der Waals surface area contributed by atoms with Gasteiger partial charge in [-0.1, -0.05) is 20.8 Å². The van der Waals surface area contributed by atoms with Crippen LogP contribution in [0, 0.1) is 0 Å². The highest BCUT2D eigenvalue weighted by Crippen LogP contribution is 2.20. The first kappa shape index (κ1) is 11.3. The van der Waals surface area contributed by atoms with Crippen LogP contribution in [0.1, 0.15) is 26.5 Å². The van der Waals surface area contributed by atoms with Gasteiger partial charge in [-0.3, -0.25) is 0 Å². The highest BCUT2D eigenvalue weighted by Gasteiger charge is 2.17. The van der Waals surface area contributed by atoms with Crippen LogP contribution in [0.5, 0.6) is 0 Å². The average molecular weight is 220 g/mol. The zero-order valence-electron chi connectivity index (χ0n) is 10.3. The van der Waals surface area contributed by atoms with Crippen LogP contribution in [0.15, 0.2) is 12.1 Å². The van der Waals surface area contributed by atoms with Crippen molar-refractivity contribution in [2.24, 2.45) is 0 Å². The molecule has 16 heavy (non-hydrogen) atoms. The van der Waals surface area contributed by atoms with Crippen LogP contribution in [-0.2, 0) is 5.41 Å².